The van der Waals surface area contributed by atoms with Crippen molar-refractivity contribution < 1.29 is 4.74 Å². The van der Waals surface area contributed by atoms with Gasteiger partial charge in [-0.2, -0.15) is 0 Å². The van der Waals surface area contributed by atoms with Crippen molar-refractivity contribution in [3.05, 3.63) is 42.0 Å². The van der Waals surface area contributed by atoms with Crippen LogP contribution >= 0.6 is 0 Å². The van der Waals surface area contributed by atoms with Crippen LogP contribution in [0, 0.1) is 0 Å². The molecule has 0 spiro atoms. The Kier molecular flexibility index (Phi) is 3.85. The molecule has 1 heterocycles. The highest BCUT2D eigenvalue weighted by Crippen LogP contribution is 2.24. The van der Waals surface area contributed by atoms with E-state index in [0.717, 1.165) is 31.7 Å². The molecule has 1 aromatic carbocycles. The average Bonchev–Trinajstić information content (AvgIpc) is 2.49. The number of fused-ring (bicyclic) bond motifs is 1. The topological polar surface area (TPSA) is 12.5 Å². The second kappa shape index (κ2) is 5.37. The summed E-state index contributed by atoms with van der Waals surface area (Å²) in [4.78, 5) is 2.49. The monoisotopic (exact) mass is 231 g/mol. The first kappa shape index (κ1) is 12.2. The largest absolute Gasteiger partial charge is 0.497 e. The minimum atomic E-state index is 0.571. The van der Waals surface area contributed by atoms with Crippen LogP contribution in [0.15, 0.2) is 30.9 Å². The molecule has 0 saturated carbocycles. The molecule has 2 nitrogen and oxygen atoms in total. The summed E-state index contributed by atoms with van der Waals surface area (Å²) in [5, 5.41) is 0. The van der Waals surface area contributed by atoms with Crippen LogP contribution in [0.5, 0.6) is 5.75 Å². The molecule has 17 heavy (non-hydrogen) atoms. The molecule has 0 aromatic heterocycles. The van der Waals surface area contributed by atoms with Crippen molar-refractivity contribution in [3.8, 4) is 5.75 Å². The molecular weight excluding hydrogens is 210 g/mol. The van der Waals surface area contributed by atoms with Crippen molar-refractivity contribution in [3.63, 3.8) is 0 Å². The Balaban J connectivity index is 2.22. The van der Waals surface area contributed by atoms with E-state index in [1.807, 2.05) is 6.08 Å². The summed E-state index contributed by atoms with van der Waals surface area (Å²) in [7, 11) is 1.73. The first-order valence-electron chi connectivity index (χ1n) is 6.25. The summed E-state index contributed by atoms with van der Waals surface area (Å²) >= 11 is 0. The zero-order valence-electron chi connectivity index (χ0n) is 10.8. The zero-order chi connectivity index (χ0) is 12.3. The predicted molar refractivity (Wildman–Crippen MR) is 71.6 cm³/mol. The van der Waals surface area contributed by atoms with Gasteiger partial charge in [-0.15, -0.1) is 6.58 Å². The van der Waals surface area contributed by atoms with E-state index in [1.165, 1.54) is 11.1 Å². The highest BCUT2D eigenvalue weighted by molar-refractivity contribution is 5.37. The van der Waals surface area contributed by atoms with Gasteiger partial charge < -0.3 is 4.74 Å². The van der Waals surface area contributed by atoms with E-state index in [0.29, 0.717) is 6.04 Å². The van der Waals surface area contributed by atoms with E-state index in [2.05, 4.69) is 36.6 Å². The SMILES string of the molecule is C=CCN1CCc2ccc(OC)cc2CC1C. The lowest BCUT2D eigenvalue weighted by atomic mass is 10.0. The van der Waals surface area contributed by atoms with Crippen LogP contribution in [0.3, 0.4) is 0 Å². The third kappa shape index (κ3) is 2.70. The first-order chi connectivity index (χ1) is 8.24. The lowest BCUT2D eigenvalue weighted by molar-refractivity contribution is 0.240. The van der Waals surface area contributed by atoms with Crippen LogP contribution in [0.1, 0.15) is 18.1 Å². The van der Waals surface area contributed by atoms with E-state index in [9.17, 15) is 0 Å². The highest BCUT2D eigenvalue weighted by atomic mass is 16.5. The van der Waals surface area contributed by atoms with E-state index < -0.39 is 0 Å². The molecule has 0 aliphatic carbocycles. The maximum Gasteiger partial charge on any atom is 0.119 e. The van der Waals surface area contributed by atoms with Gasteiger partial charge in [-0.1, -0.05) is 12.1 Å². The normalized spacial score (nSPS) is 20.5. The highest BCUT2D eigenvalue weighted by Gasteiger charge is 2.19. The fourth-order valence-electron chi connectivity index (χ4n) is 2.53. The smallest absolute Gasteiger partial charge is 0.119 e. The summed E-state index contributed by atoms with van der Waals surface area (Å²) in [6.07, 6.45) is 4.21. The number of rotatable bonds is 3. The van der Waals surface area contributed by atoms with Gasteiger partial charge >= 0.3 is 0 Å². The van der Waals surface area contributed by atoms with E-state index >= 15 is 0 Å². The lowest BCUT2D eigenvalue weighted by Gasteiger charge is -2.25. The molecule has 1 atom stereocenters. The lowest BCUT2D eigenvalue weighted by Crippen LogP contribution is -2.34. The molecule has 0 N–H and O–H groups in total. The maximum atomic E-state index is 5.30. The molecule has 1 aliphatic heterocycles. The van der Waals surface area contributed by atoms with Crippen LogP contribution in [0.25, 0.3) is 0 Å². The van der Waals surface area contributed by atoms with Crippen LogP contribution in [-0.4, -0.2) is 31.1 Å². The fourth-order valence-corrected chi connectivity index (χ4v) is 2.53. The third-order valence-corrected chi connectivity index (χ3v) is 3.58. The molecule has 1 unspecified atom stereocenters. The molecule has 1 aromatic rings. The molecule has 0 fully saturated rings. The van der Waals surface area contributed by atoms with Crippen LogP contribution in [0.4, 0.5) is 0 Å². The van der Waals surface area contributed by atoms with Gasteiger partial charge in [-0.05, 0) is 43.0 Å². The van der Waals surface area contributed by atoms with E-state index in [-0.39, 0.29) is 0 Å². The Labute approximate surface area is 104 Å². The standard InChI is InChI=1S/C15H21NO/c1-4-8-16-9-7-13-5-6-15(17-3)11-14(13)10-12(16)2/h4-6,11-12H,1,7-10H2,2-3H3. The van der Waals surface area contributed by atoms with Gasteiger partial charge in [0.15, 0.2) is 0 Å². The number of ether oxygens (including phenoxy) is 1. The van der Waals surface area contributed by atoms with E-state index in [4.69, 9.17) is 4.74 Å². The maximum absolute atomic E-state index is 5.30. The Bertz CT molecular complexity index is 400. The number of nitrogens with zero attached hydrogens (tertiary/aromatic N) is 1. The molecule has 0 bridgehead atoms. The first-order valence-corrected chi connectivity index (χ1v) is 6.25. The van der Waals surface area contributed by atoms with Crippen molar-refractivity contribution in [1.29, 1.82) is 0 Å². The Morgan fingerprint density at radius 3 is 3.00 bits per heavy atom. The fraction of sp³-hybridized carbons (Fsp3) is 0.467. The van der Waals surface area contributed by atoms with Crippen LogP contribution in [-0.2, 0) is 12.8 Å². The minimum absolute atomic E-state index is 0.571. The van der Waals surface area contributed by atoms with E-state index in [1.54, 1.807) is 7.11 Å². The molecule has 0 saturated heterocycles. The van der Waals surface area contributed by atoms with Gasteiger partial charge in [0.2, 0.25) is 0 Å². The molecular formula is C15H21NO. The van der Waals surface area contributed by atoms with Crippen LogP contribution < -0.4 is 4.74 Å². The molecule has 0 radical (unpaired) electrons. The summed E-state index contributed by atoms with van der Waals surface area (Å²) in [5.41, 5.74) is 2.90. The molecule has 2 rings (SSSR count). The van der Waals surface area contributed by atoms with Crippen LogP contribution in [0.2, 0.25) is 0 Å². The Hall–Kier alpha value is -1.28. The van der Waals surface area contributed by atoms with Gasteiger partial charge in [0.1, 0.15) is 5.75 Å². The van der Waals surface area contributed by atoms with Gasteiger partial charge in [-0.25, -0.2) is 0 Å². The number of benzene rings is 1. The third-order valence-electron chi connectivity index (χ3n) is 3.58. The molecule has 1 aliphatic rings. The van der Waals surface area contributed by atoms with Crippen molar-refractivity contribution in [2.45, 2.75) is 25.8 Å². The number of methoxy groups -OCH3 is 1. The molecule has 0 amide bonds. The second-order valence-corrected chi connectivity index (χ2v) is 4.72. The van der Waals surface area contributed by atoms with Gasteiger partial charge in [0.05, 0.1) is 7.11 Å². The summed E-state index contributed by atoms with van der Waals surface area (Å²) in [6, 6.07) is 7.02. The van der Waals surface area contributed by atoms with Crippen molar-refractivity contribution >= 4 is 0 Å². The van der Waals surface area contributed by atoms with Gasteiger partial charge in [-0.3, -0.25) is 4.90 Å². The Morgan fingerprint density at radius 2 is 2.29 bits per heavy atom. The average molecular weight is 231 g/mol. The van der Waals surface area contributed by atoms with Crippen molar-refractivity contribution in [2.75, 3.05) is 20.2 Å². The van der Waals surface area contributed by atoms with Crippen molar-refractivity contribution in [2.24, 2.45) is 0 Å². The summed E-state index contributed by atoms with van der Waals surface area (Å²) in [6.45, 7) is 8.22. The summed E-state index contributed by atoms with van der Waals surface area (Å²) < 4.78 is 5.30. The predicted octanol–water partition coefficient (Wildman–Crippen LogP) is 2.67. The quantitative estimate of drug-likeness (QED) is 0.742. The van der Waals surface area contributed by atoms with Gasteiger partial charge in [0.25, 0.3) is 0 Å². The Morgan fingerprint density at radius 1 is 1.47 bits per heavy atom. The zero-order valence-corrected chi connectivity index (χ0v) is 10.8. The number of hydrogen-bond acceptors (Lipinski definition) is 2. The second-order valence-electron chi connectivity index (χ2n) is 4.72. The molecule has 2 heteroatoms. The molecule has 92 valence electrons. The number of hydrogen-bond donors (Lipinski definition) is 0. The summed E-state index contributed by atoms with van der Waals surface area (Å²) in [5.74, 6) is 0.966. The van der Waals surface area contributed by atoms with Crippen molar-refractivity contribution in [1.82, 2.24) is 4.90 Å². The minimum Gasteiger partial charge on any atom is -0.497 e. The van der Waals surface area contributed by atoms with Gasteiger partial charge in [0, 0.05) is 19.1 Å².